The first-order valence-corrected chi connectivity index (χ1v) is 8.80. The molecule has 1 fully saturated rings. The summed E-state index contributed by atoms with van der Waals surface area (Å²) in [5.41, 5.74) is 1.42. The minimum atomic E-state index is -0.135. The topological polar surface area (TPSA) is 78.4 Å². The first-order valence-electron chi connectivity index (χ1n) is 7.92. The molecule has 1 aromatic carbocycles. The van der Waals surface area contributed by atoms with Crippen LogP contribution in [0.5, 0.6) is 0 Å². The SMILES string of the molecule is O=C(NCC1(CO)CC1)c1ccc(CNC(=O)c2cccs2)cc1. The van der Waals surface area contributed by atoms with Crippen molar-refractivity contribution >= 4 is 23.2 Å². The van der Waals surface area contributed by atoms with Crippen LogP contribution in [0.15, 0.2) is 41.8 Å². The summed E-state index contributed by atoms with van der Waals surface area (Å²) in [4.78, 5) is 24.7. The molecule has 126 valence electrons. The molecular formula is C18H20N2O3S. The van der Waals surface area contributed by atoms with Crippen molar-refractivity contribution in [3.05, 3.63) is 57.8 Å². The quantitative estimate of drug-likeness (QED) is 0.720. The van der Waals surface area contributed by atoms with E-state index in [0.717, 1.165) is 18.4 Å². The molecule has 24 heavy (non-hydrogen) atoms. The lowest BCUT2D eigenvalue weighted by molar-refractivity contribution is 0.0931. The Hall–Kier alpha value is -2.18. The van der Waals surface area contributed by atoms with Gasteiger partial charge in [0.25, 0.3) is 11.8 Å². The molecule has 6 heteroatoms. The molecule has 1 aliphatic carbocycles. The Morgan fingerprint density at radius 2 is 1.83 bits per heavy atom. The number of hydrogen-bond acceptors (Lipinski definition) is 4. The maximum atomic E-state index is 12.1. The number of nitrogens with one attached hydrogen (secondary N) is 2. The largest absolute Gasteiger partial charge is 0.396 e. The van der Waals surface area contributed by atoms with E-state index in [0.29, 0.717) is 23.5 Å². The number of aliphatic hydroxyl groups excluding tert-OH is 1. The zero-order valence-electron chi connectivity index (χ0n) is 13.2. The number of aliphatic hydroxyl groups is 1. The van der Waals surface area contributed by atoms with Crippen LogP contribution in [0.4, 0.5) is 0 Å². The normalized spacial score (nSPS) is 14.9. The molecule has 1 saturated carbocycles. The summed E-state index contributed by atoms with van der Waals surface area (Å²) in [6.45, 7) is 1.06. The fourth-order valence-electron chi connectivity index (χ4n) is 2.39. The van der Waals surface area contributed by atoms with Gasteiger partial charge >= 0.3 is 0 Å². The van der Waals surface area contributed by atoms with E-state index in [1.807, 2.05) is 23.6 Å². The fourth-order valence-corrected chi connectivity index (χ4v) is 3.03. The molecule has 5 nitrogen and oxygen atoms in total. The molecule has 1 heterocycles. The highest BCUT2D eigenvalue weighted by Crippen LogP contribution is 2.44. The Bertz CT molecular complexity index is 706. The van der Waals surface area contributed by atoms with Crippen LogP contribution >= 0.6 is 11.3 Å². The Morgan fingerprint density at radius 3 is 2.42 bits per heavy atom. The Morgan fingerprint density at radius 1 is 1.08 bits per heavy atom. The molecule has 1 aliphatic rings. The van der Waals surface area contributed by atoms with Gasteiger partial charge in [0, 0.05) is 24.1 Å². The van der Waals surface area contributed by atoms with Crippen LogP contribution in [0.2, 0.25) is 0 Å². The molecule has 0 aliphatic heterocycles. The number of hydrogen-bond donors (Lipinski definition) is 3. The molecule has 0 unspecified atom stereocenters. The molecule has 2 amide bonds. The van der Waals surface area contributed by atoms with E-state index in [1.54, 1.807) is 18.2 Å². The van der Waals surface area contributed by atoms with E-state index >= 15 is 0 Å². The van der Waals surface area contributed by atoms with Crippen molar-refractivity contribution < 1.29 is 14.7 Å². The van der Waals surface area contributed by atoms with Crippen LogP contribution in [0.1, 0.15) is 38.4 Å². The van der Waals surface area contributed by atoms with E-state index < -0.39 is 0 Å². The number of carbonyl (C=O) groups is 2. The van der Waals surface area contributed by atoms with Gasteiger partial charge in [0.05, 0.1) is 11.5 Å². The van der Waals surface area contributed by atoms with Crippen LogP contribution in [0.25, 0.3) is 0 Å². The van der Waals surface area contributed by atoms with E-state index in [2.05, 4.69) is 10.6 Å². The summed E-state index contributed by atoms with van der Waals surface area (Å²) >= 11 is 1.40. The molecule has 2 aromatic rings. The smallest absolute Gasteiger partial charge is 0.261 e. The van der Waals surface area contributed by atoms with Gasteiger partial charge in [-0.2, -0.15) is 0 Å². The van der Waals surface area contributed by atoms with Gasteiger partial charge in [-0.15, -0.1) is 11.3 Å². The van der Waals surface area contributed by atoms with E-state index in [4.69, 9.17) is 0 Å². The molecule has 3 rings (SSSR count). The van der Waals surface area contributed by atoms with Crippen molar-refractivity contribution in [3.8, 4) is 0 Å². The van der Waals surface area contributed by atoms with E-state index in [1.165, 1.54) is 11.3 Å². The van der Waals surface area contributed by atoms with Gasteiger partial charge in [-0.3, -0.25) is 9.59 Å². The van der Waals surface area contributed by atoms with Crippen molar-refractivity contribution in [1.82, 2.24) is 10.6 Å². The van der Waals surface area contributed by atoms with Crippen LogP contribution in [0.3, 0.4) is 0 Å². The Balaban J connectivity index is 1.49. The Labute approximate surface area is 144 Å². The molecule has 0 radical (unpaired) electrons. The van der Waals surface area contributed by atoms with Gasteiger partial charge in [0.1, 0.15) is 0 Å². The van der Waals surface area contributed by atoms with Gasteiger partial charge in [-0.05, 0) is 42.0 Å². The van der Waals surface area contributed by atoms with Crippen molar-refractivity contribution in [1.29, 1.82) is 0 Å². The van der Waals surface area contributed by atoms with Crippen molar-refractivity contribution in [2.24, 2.45) is 5.41 Å². The summed E-state index contributed by atoms with van der Waals surface area (Å²) < 4.78 is 0. The molecule has 0 spiro atoms. The van der Waals surface area contributed by atoms with Gasteiger partial charge in [0.15, 0.2) is 0 Å². The number of thiophene rings is 1. The highest BCUT2D eigenvalue weighted by atomic mass is 32.1. The number of carbonyl (C=O) groups excluding carboxylic acids is 2. The van der Waals surface area contributed by atoms with E-state index in [9.17, 15) is 14.7 Å². The third kappa shape index (κ3) is 4.01. The minimum Gasteiger partial charge on any atom is -0.396 e. The summed E-state index contributed by atoms with van der Waals surface area (Å²) in [5, 5.41) is 16.9. The van der Waals surface area contributed by atoms with Crippen molar-refractivity contribution in [3.63, 3.8) is 0 Å². The van der Waals surface area contributed by atoms with E-state index in [-0.39, 0.29) is 23.8 Å². The minimum absolute atomic E-state index is 0.0921. The average molecular weight is 344 g/mol. The molecule has 1 aromatic heterocycles. The summed E-state index contributed by atoms with van der Waals surface area (Å²) in [6.07, 6.45) is 1.93. The predicted molar refractivity (Wildman–Crippen MR) is 93.0 cm³/mol. The monoisotopic (exact) mass is 344 g/mol. The molecular weight excluding hydrogens is 324 g/mol. The van der Waals surface area contributed by atoms with Crippen molar-refractivity contribution in [2.45, 2.75) is 19.4 Å². The first kappa shape index (κ1) is 16.7. The molecule has 0 saturated heterocycles. The lowest BCUT2D eigenvalue weighted by Gasteiger charge is -2.13. The van der Waals surface area contributed by atoms with Crippen LogP contribution < -0.4 is 10.6 Å². The van der Waals surface area contributed by atoms with Gasteiger partial charge in [-0.1, -0.05) is 18.2 Å². The third-order valence-electron chi connectivity index (χ3n) is 4.33. The van der Waals surface area contributed by atoms with Crippen LogP contribution in [-0.2, 0) is 6.54 Å². The average Bonchev–Trinajstić information content (AvgIpc) is 3.19. The van der Waals surface area contributed by atoms with Gasteiger partial charge in [-0.25, -0.2) is 0 Å². The lowest BCUT2D eigenvalue weighted by atomic mass is 10.1. The molecule has 0 atom stereocenters. The molecule has 3 N–H and O–H groups in total. The summed E-state index contributed by atoms with van der Waals surface area (Å²) in [6, 6.07) is 10.8. The highest BCUT2D eigenvalue weighted by molar-refractivity contribution is 7.12. The summed E-state index contributed by atoms with van der Waals surface area (Å²) in [7, 11) is 0. The first-order chi connectivity index (χ1) is 11.6. The Kier molecular flexibility index (Phi) is 4.97. The lowest BCUT2D eigenvalue weighted by Crippen LogP contribution is -2.31. The fraction of sp³-hybridized carbons (Fsp3) is 0.333. The van der Waals surface area contributed by atoms with Crippen LogP contribution in [-0.4, -0.2) is 30.1 Å². The predicted octanol–water partition coefficient (Wildman–Crippen LogP) is 2.18. The van der Waals surface area contributed by atoms with Gasteiger partial charge < -0.3 is 15.7 Å². The second-order valence-electron chi connectivity index (χ2n) is 6.20. The number of amides is 2. The number of rotatable bonds is 7. The van der Waals surface area contributed by atoms with Crippen LogP contribution in [0, 0.1) is 5.41 Å². The maximum absolute atomic E-state index is 12.1. The molecule has 0 bridgehead atoms. The summed E-state index contributed by atoms with van der Waals surface area (Å²) in [5.74, 6) is -0.227. The second kappa shape index (κ2) is 7.15. The van der Waals surface area contributed by atoms with Gasteiger partial charge in [0.2, 0.25) is 0 Å². The maximum Gasteiger partial charge on any atom is 0.261 e. The number of benzene rings is 1. The zero-order chi connectivity index (χ0) is 17.0. The highest BCUT2D eigenvalue weighted by Gasteiger charge is 2.42. The third-order valence-corrected chi connectivity index (χ3v) is 5.20. The zero-order valence-corrected chi connectivity index (χ0v) is 14.1. The van der Waals surface area contributed by atoms with Crippen molar-refractivity contribution in [2.75, 3.05) is 13.2 Å². The standard InChI is InChI=1S/C18H20N2O3S/c21-12-18(7-8-18)11-20-16(22)14-5-3-13(4-6-14)10-19-17(23)15-2-1-9-24-15/h1-6,9,21H,7-8,10-12H2,(H,19,23)(H,20,22). The second-order valence-corrected chi connectivity index (χ2v) is 7.15.